The highest BCUT2D eigenvalue weighted by atomic mass is 16.5. The normalized spacial score (nSPS) is 10.8. The maximum absolute atomic E-state index is 5.19. The number of aromatic amines is 1. The van der Waals surface area contributed by atoms with Crippen molar-refractivity contribution in [2.24, 2.45) is 0 Å². The van der Waals surface area contributed by atoms with Crippen molar-refractivity contribution in [2.45, 2.75) is 0 Å². The molecule has 2 aromatic heterocycles. The van der Waals surface area contributed by atoms with Crippen LogP contribution >= 0.6 is 0 Å². The first-order valence-corrected chi connectivity index (χ1v) is 4.90. The predicted molar refractivity (Wildman–Crippen MR) is 59.3 cm³/mol. The van der Waals surface area contributed by atoms with Crippen molar-refractivity contribution >= 4 is 5.78 Å². The highest BCUT2D eigenvalue weighted by Crippen LogP contribution is 2.23. The van der Waals surface area contributed by atoms with Gasteiger partial charge in [0.05, 0.1) is 19.0 Å². The summed E-state index contributed by atoms with van der Waals surface area (Å²) in [6, 6.07) is 7.83. The maximum atomic E-state index is 5.19. The Balaban J connectivity index is 2.19. The molecule has 0 aliphatic rings. The van der Waals surface area contributed by atoms with E-state index in [4.69, 9.17) is 4.74 Å². The Hall–Kier alpha value is -2.30. The molecule has 80 valence electrons. The summed E-state index contributed by atoms with van der Waals surface area (Å²) in [5, 5.41) is 3.01. The van der Waals surface area contributed by atoms with E-state index in [-0.39, 0.29) is 0 Å². The summed E-state index contributed by atoms with van der Waals surface area (Å²) in [7, 11) is 1.65. The van der Waals surface area contributed by atoms with Crippen molar-refractivity contribution in [2.75, 3.05) is 7.11 Å². The highest BCUT2D eigenvalue weighted by Gasteiger charge is 2.07. The smallest absolute Gasteiger partial charge is 0.250 e. The minimum atomic E-state index is 0.665. The Morgan fingerprint density at radius 2 is 2.25 bits per heavy atom. The zero-order valence-electron chi connectivity index (χ0n) is 8.71. The number of aromatic nitrogens is 4. The molecule has 1 aromatic carbocycles. The van der Waals surface area contributed by atoms with E-state index in [0.29, 0.717) is 5.78 Å². The number of nitrogens with zero attached hydrogens (tertiary/aromatic N) is 3. The molecule has 0 amide bonds. The quantitative estimate of drug-likeness (QED) is 0.706. The van der Waals surface area contributed by atoms with Crippen LogP contribution in [-0.4, -0.2) is 26.7 Å². The molecule has 0 spiro atoms. The molecule has 16 heavy (non-hydrogen) atoms. The third-order valence-electron chi connectivity index (χ3n) is 2.48. The average Bonchev–Trinajstić information content (AvgIpc) is 2.90. The molecule has 3 rings (SSSR count). The van der Waals surface area contributed by atoms with Gasteiger partial charge in [0.1, 0.15) is 12.1 Å². The van der Waals surface area contributed by atoms with Crippen molar-refractivity contribution in [3.63, 3.8) is 0 Å². The van der Waals surface area contributed by atoms with Gasteiger partial charge in [-0.25, -0.2) is 14.5 Å². The third kappa shape index (κ3) is 1.25. The number of ether oxygens (including phenoxy) is 1. The fourth-order valence-corrected chi connectivity index (χ4v) is 1.69. The molecular weight excluding hydrogens is 204 g/mol. The molecular formula is C11H10N4O. The van der Waals surface area contributed by atoms with Crippen LogP contribution in [0.1, 0.15) is 0 Å². The molecule has 0 atom stereocenters. The topological polar surface area (TPSA) is 55.2 Å². The van der Waals surface area contributed by atoms with E-state index in [1.807, 2.05) is 28.8 Å². The second-order valence-corrected chi connectivity index (χ2v) is 3.40. The average molecular weight is 214 g/mol. The number of methoxy groups -OCH3 is 1. The molecule has 0 aliphatic carbocycles. The van der Waals surface area contributed by atoms with Gasteiger partial charge in [-0.1, -0.05) is 12.1 Å². The molecule has 0 unspecified atom stereocenters. The number of hydrogen-bond acceptors (Lipinski definition) is 3. The summed E-state index contributed by atoms with van der Waals surface area (Å²) in [6.45, 7) is 0. The van der Waals surface area contributed by atoms with Gasteiger partial charge in [-0.05, 0) is 12.1 Å². The lowest BCUT2D eigenvalue weighted by atomic mass is 10.1. The van der Waals surface area contributed by atoms with Crippen LogP contribution in [0.2, 0.25) is 0 Å². The van der Waals surface area contributed by atoms with Gasteiger partial charge in [-0.2, -0.15) is 0 Å². The lowest BCUT2D eigenvalue weighted by Gasteiger charge is -2.02. The molecule has 0 radical (unpaired) electrons. The minimum absolute atomic E-state index is 0.665. The first-order valence-electron chi connectivity index (χ1n) is 4.90. The van der Waals surface area contributed by atoms with E-state index in [1.54, 1.807) is 19.6 Å². The SMILES string of the molecule is COc1cccc(-c2cnc3nc[nH]n23)c1. The molecule has 0 saturated carbocycles. The number of rotatable bonds is 2. The summed E-state index contributed by atoms with van der Waals surface area (Å²) in [6.07, 6.45) is 3.40. The van der Waals surface area contributed by atoms with Crippen molar-refractivity contribution in [3.8, 4) is 17.0 Å². The van der Waals surface area contributed by atoms with Gasteiger partial charge < -0.3 is 4.74 Å². The van der Waals surface area contributed by atoms with Crippen LogP contribution in [0.25, 0.3) is 17.0 Å². The molecule has 2 heterocycles. The fraction of sp³-hybridized carbons (Fsp3) is 0.0909. The fourth-order valence-electron chi connectivity index (χ4n) is 1.69. The van der Waals surface area contributed by atoms with Gasteiger partial charge in [0.15, 0.2) is 0 Å². The summed E-state index contributed by atoms with van der Waals surface area (Å²) < 4.78 is 7.02. The molecule has 3 aromatic rings. The standard InChI is InChI=1S/C11H10N4O/c1-16-9-4-2-3-8(5-9)10-6-12-11-13-7-14-15(10)11/h2-7H,1H3,(H,12,13,14). The van der Waals surface area contributed by atoms with Crippen LogP contribution in [0.4, 0.5) is 0 Å². The summed E-state index contributed by atoms with van der Waals surface area (Å²) in [5.41, 5.74) is 2.00. The predicted octanol–water partition coefficient (Wildman–Crippen LogP) is 1.73. The van der Waals surface area contributed by atoms with Crippen LogP contribution in [0.3, 0.4) is 0 Å². The van der Waals surface area contributed by atoms with Crippen LogP contribution in [0.5, 0.6) is 5.75 Å². The van der Waals surface area contributed by atoms with Gasteiger partial charge in [-0.3, -0.25) is 5.10 Å². The van der Waals surface area contributed by atoms with Gasteiger partial charge >= 0.3 is 0 Å². The van der Waals surface area contributed by atoms with Crippen LogP contribution in [0.15, 0.2) is 36.8 Å². The highest BCUT2D eigenvalue weighted by molar-refractivity contribution is 5.63. The van der Waals surface area contributed by atoms with Gasteiger partial charge in [-0.15, -0.1) is 0 Å². The van der Waals surface area contributed by atoms with Crippen molar-refractivity contribution in [1.29, 1.82) is 0 Å². The number of benzene rings is 1. The van der Waals surface area contributed by atoms with E-state index in [1.165, 1.54) is 0 Å². The van der Waals surface area contributed by atoms with Crippen molar-refractivity contribution in [1.82, 2.24) is 19.6 Å². The first-order chi connectivity index (χ1) is 7.88. The largest absolute Gasteiger partial charge is 0.497 e. The lowest BCUT2D eigenvalue weighted by molar-refractivity contribution is 0.415. The Morgan fingerprint density at radius 1 is 1.31 bits per heavy atom. The molecule has 0 fully saturated rings. The van der Waals surface area contributed by atoms with Crippen LogP contribution < -0.4 is 4.74 Å². The zero-order valence-corrected chi connectivity index (χ0v) is 8.71. The molecule has 5 heteroatoms. The minimum Gasteiger partial charge on any atom is -0.497 e. The van der Waals surface area contributed by atoms with E-state index in [2.05, 4.69) is 15.1 Å². The second kappa shape index (κ2) is 3.37. The number of hydrogen-bond donors (Lipinski definition) is 1. The second-order valence-electron chi connectivity index (χ2n) is 3.40. The maximum Gasteiger partial charge on any atom is 0.250 e. The van der Waals surface area contributed by atoms with Gasteiger partial charge in [0.25, 0.3) is 5.78 Å². The van der Waals surface area contributed by atoms with Gasteiger partial charge in [0, 0.05) is 5.56 Å². The third-order valence-corrected chi connectivity index (χ3v) is 2.48. The van der Waals surface area contributed by atoms with Crippen LogP contribution in [0, 0.1) is 0 Å². The molecule has 5 nitrogen and oxygen atoms in total. The van der Waals surface area contributed by atoms with E-state index in [0.717, 1.165) is 17.0 Å². The van der Waals surface area contributed by atoms with Crippen LogP contribution in [-0.2, 0) is 0 Å². The van der Waals surface area contributed by atoms with E-state index < -0.39 is 0 Å². The number of fused-ring (bicyclic) bond motifs is 1. The summed E-state index contributed by atoms with van der Waals surface area (Å²) in [4.78, 5) is 8.26. The Bertz CT molecular complexity index is 625. The number of imidazole rings is 1. The van der Waals surface area contributed by atoms with Crippen molar-refractivity contribution < 1.29 is 4.74 Å². The lowest BCUT2D eigenvalue weighted by Crippen LogP contribution is -1.88. The number of nitrogens with one attached hydrogen (secondary N) is 1. The summed E-state index contributed by atoms with van der Waals surface area (Å²) in [5.74, 6) is 1.49. The Kier molecular flexibility index (Phi) is 1.89. The van der Waals surface area contributed by atoms with Crippen molar-refractivity contribution in [3.05, 3.63) is 36.8 Å². The Morgan fingerprint density at radius 3 is 3.12 bits per heavy atom. The first kappa shape index (κ1) is 8.96. The Labute approximate surface area is 91.7 Å². The molecule has 0 aliphatic heterocycles. The van der Waals surface area contributed by atoms with E-state index >= 15 is 0 Å². The van der Waals surface area contributed by atoms with Gasteiger partial charge in [0.2, 0.25) is 0 Å². The molecule has 0 bridgehead atoms. The molecule has 0 saturated heterocycles. The number of H-pyrrole nitrogens is 1. The van der Waals surface area contributed by atoms with E-state index in [9.17, 15) is 0 Å². The molecule has 1 N–H and O–H groups in total. The zero-order chi connectivity index (χ0) is 11.0. The summed E-state index contributed by atoms with van der Waals surface area (Å²) >= 11 is 0. The monoisotopic (exact) mass is 214 g/mol.